The van der Waals surface area contributed by atoms with Crippen LogP contribution in [0.4, 0.5) is 0 Å². The number of carbonyl (C=O) groups is 1. The van der Waals surface area contributed by atoms with Gasteiger partial charge < -0.3 is 14.9 Å². The molecule has 1 aromatic carbocycles. The van der Waals surface area contributed by atoms with Gasteiger partial charge >= 0.3 is 5.97 Å². The highest BCUT2D eigenvalue weighted by atomic mass is 16.5. The molecule has 4 nitrogen and oxygen atoms in total. The van der Waals surface area contributed by atoms with Crippen LogP contribution in [0.2, 0.25) is 0 Å². The molecule has 0 spiro atoms. The Kier molecular flexibility index (Phi) is 3.55. The smallest absolute Gasteiger partial charge is 0.307 e. The third kappa shape index (κ3) is 3.50. The molecule has 0 saturated carbocycles. The van der Waals surface area contributed by atoms with E-state index in [2.05, 4.69) is 0 Å². The number of phenols is 1. The Labute approximate surface area is 88.1 Å². The average molecular weight is 210 g/mol. The third-order valence-corrected chi connectivity index (χ3v) is 1.74. The second-order valence-corrected chi connectivity index (χ2v) is 3.54. The molecule has 1 rings (SSSR count). The number of ether oxygens (including phenoxy) is 1. The second-order valence-electron chi connectivity index (χ2n) is 3.54. The van der Waals surface area contributed by atoms with Gasteiger partial charge in [0.15, 0.2) is 11.5 Å². The summed E-state index contributed by atoms with van der Waals surface area (Å²) in [6, 6.07) is 4.55. The van der Waals surface area contributed by atoms with Crippen molar-refractivity contribution in [2.75, 3.05) is 0 Å². The van der Waals surface area contributed by atoms with Crippen LogP contribution in [0, 0.1) is 0 Å². The lowest BCUT2D eigenvalue weighted by Crippen LogP contribution is -2.06. The number of hydrogen-bond donors (Lipinski definition) is 2. The first-order valence-electron chi connectivity index (χ1n) is 4.69. The molecule has 82 valence electrons. The summed E-state index contributed by atoms with van der Waals surface area (Å²) in [5, 5.41) is 18.1. The van der Waals surface area contributed by atoms with E-state index in [0.29, 0.717) is 11.3 Å². The molecule has 15 heavy (non-hydrogen) atoms. The van der Waals surface area contributed by atoms with Crippen LogP contribution in [-0.2, 0) is 11.2 Å². The molecule has 0 aliphatic heterocycles. The van der Waals surface area contributed by atoms with Crippen LogP contribution in [0.3, 0.4) is 0 Å². The number of carboxylic acid groups (broad SMARTS) is 1. The summed E-state index contributed by atoms with van der Waals surface area (Å²) in [6.45, 7) is 3.67. The second kappa shape index (κ2) is 4.68. The fourth-order valence-electron chi connectivity index (χ4n) is 1.19. The molecule has 0 bridgehead atoms. The molecule has 1 aromatic rings. The summed E-state index contributed by atoms with van der Waals surface area (Å²) in [4.78, 5) is 10.5. The number of rotatable bonds is 4. The van der Waals surface area contributed by atoms with Crippen LogP contribution in [0.15, 0.2) is 18.2 Å². The van der Waals surface area contributed by atoms with E-state index in [1.54, 1.807) is 12.1 Å². The van der Waals surface area contributed by atoms with Gasteiger partial charge in [0.2, 0.25) is 0 Å². The minimum atomic E-state index is -0.906. The molecule has 0 aromatic heterocycles. The Hall–Kier alpha value is -1.71. The quantitative estimate of drug-likeness (QED) is 0.795. The van der Waals surface area contributed by atoms with Gasteiger partial charge in [-0.05, 0) is 31.5 Å². The molecule has 0 amide bonds. The Morgan fingerprint density at radius 1 is 1.47 bits per heavy atom. The number of hydrogen-bond acceptors (Lipinski definition) is 3. The van der Waals surface area contributed by atoms with Crippen LogP contribution in [0.5, 0.6) is 11.5 Å². The molecule has 0 fully saturated rings. The van der Waals surface area contributed by atoms with Crippen LogP contribution in [0.25, 0.3) is 0 Å². The third-order valence-electron chi connectivity index (χ3n) is 1.74. The van der Waals surface area contributed by atoms with E-state index >= 15 is 0 Å². The van der Waals surface area contributed by atoms with Crippen molar-refractivity contribution in [2.45, 2.75) is 26.4 Å². The summed E-state index contributed by atoms with van der Waals surface area (Å²) in [5.74, 6) is -0.558. The average Bonchev–Trinajstić information content (AvgIpc) is 2.09. The lowest BCUT2D eigenvalue weighted by Gasteiger charge is -2.12. The van der Waals surface area contributed by atoms with Gasteiger partial charge in [-0.2, -0.15) is 0 Å². The van der Waals surface area contributed by atoms with Gasteiger partial charge in [0.1, 0.15) is 0 Å². The maximum absolute atomic E-state index is 10.5. The van der Waals surface area contributed by atoms with Crippen molar-refractivity contribution in [3.8, 4) is 11.5 Å². The number of carboxylic acids is 1. The minimum absolute atomic E-state index is 0.0258. The van der Waals surface area contributed by atoms with Crippen LogP contribution in [0.1, 0.15) is 19.4 Å². The van der Waals surface area contributed by atoms with Gasteiger partial charge in [-0.15, -0.1) is 0 Å². The summed E-state index contributed by atoms with van der Waals surface area (Å²) in [6.07, 6.45) is -0.134. The van der Waals surface area contributed by atoms with Crippen LogP contribution < -0.4 is 4.74 Å². The highest BCUT2D eigenvalue weighted by molar-refractivity contribution is 5.70. The molecule has 0 radical (unpaired) electrons. The van der Waals surface area contributed by atoms with Crippen molar-refractivity contribution >= 4 is 5.97 Å². The number of phenolic OH excluding ortho intramolecular Hbond substituents is 1. The molecule has 0 saturated heterocycles. The predicted molar refractivity (Wildman–Crippen MR) is 55.2 cm³/mol. The van der Waals surface area contributed by atoms with E-state index in [1.165, 1.54) is 6.07 Å². The normalized spacial score (nSPS) is 10.3. The van der Waals surface area contributed by atoms with Gasteiger partial charge in [0.05, 0.1) is 12.5 Å². The zero-order valence-electron chi connectivity index (χ0n) is 8.73. The lowest BCUT2D eigenvalue weighted by atomic mass is 10.1. The fourth-order valence-corrected chi connectivity index (χ4v) is 1.19. The van der Waals surface area contributed by atoms with Crippen molar-refractivity contribution in [2.24, 2.45) is 0 Å². The highest BCUT2D eigenvalue weighted by Crippen LogP contribution is 2.27. The van der Waals surface area contributed by atoms with E-state index in [9.17, 15) is 9.90 Å². The molecule has 2 N–H and O–H groups in total. The summed E-state index contributed by atoms with van der Waals surface area (Å²) in [7, 11) is 0. The summed E-state index contributed by atoms with van der Waals surface area (Å²) < 4.78 is 5.32. The number of benzene rings is 1. The zero-order chi connectivity index (χ0) is 11.4. The first-order chi connectivity index (χ1) is 6.99. The fraction of sp³-hybridized carbons (Fsp3) is 0.364. The van der Waals surface area contributed by atoms with Crippen LogP contribution >= 0.6 is 0 Å². The van der Waals surface area contributed by atoms with Crippen molar-refractivity contribution in [3.63, 3.8) is 0 Å². The van der Waals surface area contributed by atoms with E-state index in [-0.39, 0.29) is 18.3 Å². The Balaban J connectivity index is 2.89. The Morgan fingerprint density at radius 3 is 2.67 bits per heavy atom. The first-order valence-corrected chi connectivity index (χ1v) is 4.69. The molecule has 0 atom stereocenters. The number of aliphatic carboxylic acids is 1. The molecular weight excluding hydrogens is 196 g/mol. The van der Waals surface area contributed by atoms with Crippen molar-refractivity contribution in [3.05, 3.63) is 23.8 Å². The molecule has 4 heteroatoms. The standard InChI is InChI=1S/C11H14O4/c1-7(2)15-10-5-8(6-11(13)14)3-4-9(10)12/h3-5,7,12H,6H2,1-2H3,(H,13,14). The summed E-state index contributed by atoms with van der Waals surface area (Å²) in [5.41, 5.74) is 0.607. The molecule has 0 aliphatic rings. The topological polar surface area (TPSA) is 66.8 Å². The maximum atomic E-state index is 10.5. The summed E-state index contributed by atoms with van der Waals surface area (Å²) >= 11 is 0. The van der Waals surface area contributed by atoms with Crippen molar-refractivity contribution in [1.29, 1.82) is 0 Å². The molecule has 0 unspecified atom stereocenters. The maximum Gasteiger partial charge on any atom is 0.307 e. The van der Waals surface area contributed by atoms with Crippen molar-refractivity contribution in [1.82, 2.24) is 0 Å². The van der Waals surface area contributed by atoms with E-state index in [4.69, 9.17) is 9.84 Å². The minimum Gasteiger partial charge on any atom is -0.504 e. The van der Waals surface area contributed by atoms with Gasteiger partial charge in [0.25, 0.3) is 0 Å². The Bertz CT molecular complexity index is 358. The van der Waals surface area contributed by atoms with Crippen LogP contribution in [-0.4, -0.2) is 22.3 Å². The van der Waals surface area contributed by atoms with Gasteiger partial charge in [-0.3, -0.25) is 4.79 Å². The first kappa shape index (κ1) is 11.4. The predicted octanol–water partition coefficient (Wildman–Crippen LogP) is 1.81. The highest BCUT2D eigenvalue weighted by Gasteiger charge is 2.07. The van der Waals surface area contributed by atoms with Gasteiger partial charge in [0, 0.05) is 0 Å². The van der Waals surface area contributed by atoms with Crippen molar-refractivity contribution < 1.29 is 19.7 Å². The monoisotopic (exact) mass is 210 g/mol. The number of aromatic hydroxyl groups is 1. The van der Waals surface area contributed by atoms with E-state index < -0.39 is 5.97 Å². The van der Waals surface area contributed by atoms with E-state index in [1.807, 2.05) is 13.8 Å². The Morgan fingerprint density at radius 2 is 2.13 bits per heavy atom. The lowest BCUT2D eigenvalue weighted by molar-refractivity contribution is -0.136. The SMILES string of the molecule is CC(C)Oc1cc(CC(=O)O)ccc1O. The molecular formula is C11H14O4. The van der Waals surface area contributed by atoms with Gasteiger partial charge in [-0.25, -0.2) is 0 Å². The zero-order valence-corrected chi connectivity index (χ0v) is 8.73. The van der Waals surface area contributed by atoms with E-state index in [0.717, 1.165) is 0 Å². The van der Waals surface area contributed by atoms with Gasteiger partial charge in [-0.1, -0.05) is 6.07 Å². The molecule has 0 aliphatic carbocycles. The molecule has 0 heterocycles. The largest absolute Gasteiger partial charge is 0.504 e.